The van der Waals surface area contributed by atoms with Crippen LogP contribution in [0.1, 0.15) is 41.6 Å². The molecule has 0 aromatic carbocycles. The fraction of sp³-hybridized carbons (Fsp3) is 0.533. The van der Waals surface area contributed by atoms with Gasteiger partial charge in [0.25, 0.3) is 5.91 Å². The lowest BCUT2D eigenvalue weighted by Crippen LogP contribution is -2.57. The third-order valence-electron chi connectivity index (χ3n) is 3.97. The molecule has 24 heavy (non-hydrogen) atoms. The monoisotopic (exact) mass is 343 g/mol. The topological polar surface area (TPSA) is 86.3 Å². The summed E-state index contributed by atoms with van der Waals surface area (Å²) in [6, 6.07) is 0.612. The second-order valence-corrected chi connectivity index (χ2v) is 5.67. The molecule has 9 heteroatoms. The number of alkyl halides is 3. The maximum Gasteiger partial charge on any atom is 0.408 e. The van der Waals surface area contributed by atoms with E-state index in [0.29, 0.717) is 0 Å². The fourth-order valence-electron chi connectivity index (χ4n) is 2.80. The van der Waals surface area contributed by atoms with E-state index in [1.54, 1.807) is 6.07 Å². The van der Waals surface area contributed by atoms with Crippen molar-refractivity contribution in [1.82, 2.24) is 10.2 Å². The predicted octanol–water partition coefficient (Wildman–Crippen LogP) is 2.13. The lowest BCUT2D eigenvalue weighted by molar-refractivity contribution is -0.196. The van der Waals surface area contributed by atoms with Crippen molar-refractivity contribution in [2.24, 2.45) is 0 Å². The van der Waals surface area contributed by atoms with E-state index >= 15 is 0 Å². The van der Waals surface area contributed by atoms with Crippen LogP contribution in [-0.2, 0) is 4.79 Å². The maximum absolute atomic E-state index is 13.0. The van der Waals surface area contributed by atoms with Crippen molar-refractivity contribution in [2.45, 2.75) is 44.9 Å². The quantitative estimate of drug-likeness (QED) is 0.891. The second kappa shape index (κ2) is 6.55. The first-order valence-corrected chi connectivity index (χ1v) is 7.28. The molecule has 2 amide bonds. The molecule has 1 saturated heterocycles. The van der Waals surface area contributed by atoms with Crippen molar-refractivity contribution in [1.29, 1.82) is 5.26 Å². The lowest BCUT2D eigenvalue weighted by atomic mass is 9.97. The van der Waals surface area contributed by atoms with Gasteiger partial charge in [0.05, 0.1) is 5.56 Å². The minimum Gasteiger partial charge on any atom is -0.450 e. The van der Waals surface area contributed by atoms with E-state index in [1.807, 2.05) is 0 Å². The predicted molar refractivity (Wildman–Crippen MR) is 75.9 cm³/mol. The van der Waals surface area contributed by atoms with Crippen LogP contribution in [0.4, 0.5) is 13.2 Å². The summed E-state index contributed by atoms with van der Waals surface area (Å²) in [7, 11) is 0. The van der Waals surface area contributed by atoms with Crippen LogP contribution < -0.4 is 5.32 Å². The molecule has 130 valence electrons. The standard InChI is InChI=1S/C15H16F3N3O3/c1-8-12(5-11(6-19)24-8)14(23)20-10-3-4-13(15(16,17)18)21(7-10)9(2)22/h5,10,13H,3-4,7H2,1-2H3,(H,20,23). The van der Waals surface area contributed by atoms with Crippen LogP contribution in [0.5, 0.6) is 0 Å². The summed E-state index contributed by atoms with van der Waals surface area (Å²) in [6.45, 7) is 2.37. The Morgan fingerprint density at radius 1 is 1.42 bits per heavy atom. The van der Waals surface area contributed by atoms with Gasteiger partial charge in [0, 0.05) is 25.6 Å². The van der Waals surface area contributed by atoms with Gasteiger partial charge in [-0.2, -0.15) is 18.4 Å². The first-order valence-electron chi connectivity index (χ1n) is 7.28. The number of nitrogens with one attached hydrogen (secondary N) is 1. The molecule has 0 saturated carbocycles. The molecule has 0 aliphatic carbocycles. The van der Waals surface area contributed by atoms with Crippen LogP contribution in [-0.4, -0.2) is 41.5 Å². The number of amides is 2. The zero-order valence-corrected chi connectivity index (χ0v) is 13.1. The van der Waals surface area contributed by atoms with E-state index in [-0.39, 0.29) is 36.5 Å². The number of furan rings is 1. The molecular formula is C15H16F3N3O3. The molecule has 6 nitrogen and oxygen atoms in total. The highest BCUT2D eigenvalue weighted by Gasteiger charge is 2.47. The van der Waals surface area contributed by atoms with Crippen LogP contribution in [0.25, 0.3) is 0 Å². The zero-order valence-electron chi connectivity index (χ0n) is 13.1. The van der Waals surface area contributed by atoms with Crippen molar-refractivity contribution in [3.05, 3.63) is 23.2 Å². The number of likely N-dealkylation sites (tertiary alicyclic amines) is 1. The van der Waals surface area contributed by atoms with E-state index in [2.05, 4.69) is 5.32 Å². The second-order valence-electron chi connectivity index (χ2n) is 5.67. The smallest absolute Gasteiger partial charge is 0.408 e. The average Bonchev–Trinajstić information content (AvgIpc) is 2.87. The fourth-order valence-corrected chi connectivity index (χ4v) is 2.80. The van der Waals surface area contributed by atoms with E-state index in [0.717, 1.165) is 11.8 Å². The number of rotatable bonds is 2. The molecule has 1 aromatic heterocycles. The van der Waals surface area contributed by atoms with Crippen molar-refractivity contribution in [2.75, 3.05) is 6.54 Å². The van der Waals surface area contributed by atoms with Crippen LogP contribution in [0, 0.1) is 18.3 Å². The number of piperidine rings is 1. The van der Waals surface area contributed by atoms with Gasteiger partial charge in [-0.05, 0) is 19.8 Å². The Kier molecular flexibility index (Phi) is 4.87. The Bertz CT molecular complexity index is 690. The van der Waals surface area contributed by atoms with Gasteiger partial charge in [-0.3, -0.25) is 9.59 Å². The highest BCUT2D eigenvalue weighted by Crippen LogP contribution is 2.32. The average molecular weight is 343 g/mol. The SMILES string of the molecule is CC(=O)N1CC(NC(=O)c2cc(C#N)oc2C)CCC1C(F)(F)F. The van der Waals surface area contributed by atoms with Crippen LogP contribution in [0.3, 0.4) is 0 Å². The maximum atomic E-state index is 13.0. The third-order valence-corrected chi connectivity index (χ3v) is 3.97. The number of aryl methyl sites for hydroxylation is 1. The first-order chi connectivity index (χ1) is 11.1. The summed E-state index contributed by atoms with van der Waals surface area (Å²) >= 11 is 0. The van der Waals surface area contributed by atoms with Crippen molar-refractivity contribution >= 4 is 11.8 Å². The Morgan fingerprint density at radius 2 is 2.08 bits per heavy atom. The van der Waals surface area contributed by atoms with E-state index in [9.17, 15) is 22.8 Å². The van der Waals surface area contributed by atoms with Gasteiger partial charge >= 0.3 is 6.18 Å². The Balaban J connectivity index is 2.09. The van der Waals surface area contributed by atoms with Crippen LogP contribution in [0.2, 0.25) is 0 Å². The Hall–Kier alpha value is -2.50. The molecule has 1 aliphatic heterocycles. The molecule has 1 N–H and O–H groups in total. The summed E-state index contributed by atoms with van der Waals surface area (Å²) in [5, 5.41) is 11.4. The number of nitrogens with zero attached hydrogens (tertiary/aromatic N) is 2. The number of carbonyl (C=O) groups is 2. The van der Waals surface area contributed by atoms with Crippen LogP contribution in [0.15, 0.2) is 10.5 Å². The highest BCUT2D eigenvalue weighted by molar-refractivity contribution is 5.95. The molecule has 2 unspecified atom stereocenters. The first kappa shape index (κ1) is 17.8. The summed E-state index contributed by atoms with van der Waals surface area (Å²) < 4.78 is 44.0. The van der Waals surface area contributed by atoms with Gasteiger partial charge in [0.15, 0.2) is 0 Å². The largest absolute Gasteiger partial charge is 0.450 e. The molecule has 0 bridgehead atoms. The summed E-state index contributed by atoms with van der Waals surface area (Å²) in [4.78, 5) is 24.5. The van der Waals surface area contributed by atoms with Crippen molar-refractivity contribution < 1.29 is 27.2 Å². The number of hydrogen-bond donors (Lipinski definition) is 1. The molecule has 1 aromatic rings. The van der Waals surface area contributed by atoms with Crippen molar-refractivity contribution in [3.8, 4) is 6.07 Å². The lowest BCUT2D eigenvalue weighted by Gasteiger charge is -2.40. The van der Waals surface area contributed by atoms with Gasteiger partial charge in [-0.25, -0.2) is 0 Å². The molecular weight excluding hydrogens is 327 g/mol. The minimum absolute atomic E-state index is 0.0243. The normalized spacial score (nSPS) is 21.2. The number of halogens is 3. The third kappa shape index (κ3) is 3.69. The molecule has 0 radical (unpaired) electrons. The van der Waals surface area contributed by atoms with Gasteiger partial charge in [0.1, 0.15) is 17.9 Å². The summed E-state index contributed by atoms with van der Waals surface area (Å²) in [6.07, 6.45) is -4.67. The molecule has 1 aliphatic rings. The summed E-state index contributed by atoms with van der Waals surface area (Å²) in [5.41, 5.74) is 0.152. The molecule has 2 heterocycles. The van der Waals surface area contributed by atoms with E-state index < -0.39 is 30.1 Å². The molecule has 2 rings (SSSR count). The van der Waals surface area contributed by atoms with E-state index in [4.69, 9.17) is 9.68 Å². The van der Waals surface area contributed by atoms with Crippen LogP contribution >= 0.6 is 0 Å². The van der Waals surface area contributed by atoms with Gasteiger partial charge in [0.2, 0.25) is 11.7 Å². The van der Waals surface area contributed by atoms with Gasteiger partial charge < -0.3 is 14.6 Å². The summed E-state index contributed by atoms with van der Waals surface area (Å²) in [5.74, 6) is -1.01. The molecule has 0 spiro atoms. The van der Waals surface area contributed by atoms with Gasteiger partial charge in [-0.1, -0.05) is 0 Å². The molecule has 1 fully saturated rings. The Labute approximate surface area is 136 Å². The number of nitriles is 1. The highest BCUT2D eigenvalue weighted by atomic mass is 19.4. The number of carbonyl (C=O) groups excluding carboxylic acids is 2. The van der Waals surface area contributed by atoms with Crippen molar-refractivity contribution in [3.63, 3.8) is 0 Å². The molecule has 2 atom stereocenters. The Morgan fingerprint density at radius 3 is 2.58 bits per heavy atom. The minimum atomic E-state index is -4.50. The zero-order chi connectivity index (χ0) is 18.1. The van der Waals surface area contributed by atoms with Gasteiger partial charge in [-0.15, -0.1) is 0 Å². The van der Waals surface area contributed by atoms with E-state index in [1.165, 1.54) is 13.0 Å². The number of hydrogen-bond acceptors (Lipinski definition) is 4.